The Hall–Kier alpha value is -2.37. The number of aliphatic carboxylic acids is 1. The van der Waals surface area contributed by atoms with Gasteiger partial charge in [0.1, 0.15) is 6.04 Å². The van der Waals surface area contributed by atoms with Gasteiger partial charge in [-0.05, 0) is 31.4 Å². The number of likely N-dealkylation sites (tertiary alicyclic amines) is 1. The van der Waals surface area contributed by atoms with E-state index < -0.39 is 12.0 Å². The molecule has 6 heteroatoms. The number of carboxylic acid groups (broad SMARTS) is 1. The molecule has 0 bridgehead atoms. The summed E-state index contributed by atoms with van der Waals surface area (Å²) in [4.78, 5) is 37.7. The van der Waals surface area contributed by atoms with E-state index in [1.807, 2.05) is 0 Å². The largest absolute Gasteiger partial charge is 0.481 e. The van der Waals surface area contributed by atoms with Crippen LogP contribution in [0.3, 0.4) is 0 Å². The van der Waals surface area contributed by atoms with E-state index in [2.05, 4.69) is 5.32 Å². The van der Waals surface area contributed by atoms with Gasteiger partial charge in [0.05, 0.1) is 0 Å². The molecule has 2 amide bonds. The summed E-state index contributed by atoms with van der Waals surface area (Å²) >= 11 is 0. The predicted molar refractivity (Wildman–Crippen MR) is 89.6 cm³/mol. The maximum absolute atomic E-state index is 12.7. The first-order valence-corrected chi connectivity index (χ1v) is 8.44. The van der Waals surface area contributed by atoms with E-state index in [9.17, 15) is 14.4 Å². The van der Waals surface area contributed by atoms with Gasteiger partial charge in [-0.1, -0.05) is 31.0 Å². The molecule has 6 nitrogen and oxygen atoms in total. The highest BCUT2D eigenvalue weighted by atomic mass is 16.4. The molecule has 2 rings (SSSR count). The van der Waals surface area contributed by atoms with Crippen molar-refractivity contribution in [3.63, 3.8) is 0 Å². The van der Waals surface area contributed by atoms with Crippen molar-refractivity contribution in [3.05, 3.63) is 35.9 Å². The molecule has 1 unspecified atom stereocenters. The van der Waals surface area contributed by atoms with Crippen LogP contribution in [0, 0.1) is 0 Å². The molecule has 24 heavy (non-hydrogen) atoms. The van der Waals surface area contributed by atoms with E-state index in [0.29, 0.717) is 18.7 Å². The molecule has 1 aliphatic heterocycles. The van der Waals surface area contributed by atoms with Crippen molar-refractivity contribution in [2.24, 2.45) is 0 Å². The minimum absolute atomic E-state index is 0.100. The fourth-order valence-corrected chi connectivity index (χ4v) is 2.87. The monoisotopic (exact) mass is 332 g/mol. The maximum Gasteiger partial charge on any atom is 0.303 e. The van der Waals surface area contributed by atoms with E-state index in [1.165, 1.54) is 0 Å². The molecule has 1 aromatic carbocycles. The molecular weight excluding hydrogens is 308 g/mol. The average molecular weight is 332 g/mol. The molecule has 2 N–H and O–H groups in total. The van der Waals surface area contributed by atoms with Crippen LogP contribution in [0.4, 0.5) is 0 Å². The molecule has 1 saturated heterocycles. The van der Waals surface area contributed by atoms with Gasteiger partial charge in [-0.2, -0.15) is 0 Å². The lowest BCUT2D eigenvalue weighted by Crippen LogP contribution is -2.49. The number of benzene rings is 1. The third-order valence-corrected chi connectivity index (χ3v) is 4.20. The maximum atomic E-state index is 12.7. The molecule has 0 radical (unpaired) electrons. The summed E-state index contributed by atoms with van der Waals surface area (Å²) in [6, 6.07) is 7.84. The van der Waals surface area contributed by atoms with Gasteiger partial charge in [0.15, 0.2) is 0 Å². The summed E-state index contributed by atoms with van der Waals surface area (Å²) < 4.78 is 0. The predicted octanol–water partition coefficient (Wildman–Crippen LogP) is 2.05. The molecule has 1 atom stereocenters. The highest BCUT2D eigenvalue weighted by Gasteiger charge is 2.27. The number of amides is 2. The molecule has 1 aromatic rings. The minimum Gasteiger partial charge on any atom is -0.481 e. The zero-order chi connectivity index (χ0) is 17.4. The molecule has 1 aliphatic rings. The van der Waals surface area contributed by atoms with Gasteiger partial charge in [0.25, 0.3) is 5.91 Å². The highest BCUT2D eigenvalue weighted by Crippen LogP contribution is 2.13. The highest BCUT2D eigenvalue weighted by molar-refractivity contribution is 5.97. The number of nitrogens with one attached hydrogen (secondary N) is 1. The second-order valence-corrected chi connectivity index (χ2v) is 6.06. The minimum atomic E-state index is -0.974. The van der Waals surface area contributed by atoms with E-state index in [0.717, 1.165) is 25.7 Å². The Labute approximate surface area is 141 Å². The number of rotatable bonds is 6. The number of carboxylic acids is 1. The molecule has 0 aliphatic carbocycles. The number of hydrogen-bond donors (Lipinski definition) is 2. The summed E-state index contributed by atoms with van der Waals surface area (Å²) in [6.45, 7) is 1.34. The van der Waals surface area contributed by atoms with Gasteiger partial charge in [0.2, 0.25) is 5.91 Å². The van der Waals surface area contributed by atoms with E-state index in [1.54, 1.807) is 35.2 Å². The zero-order valence-corrected chi connectivity index (χ0v) is 13.7. The summed E-state index contributed by atoms with van der Waals surface area (Å²) in [5, 5.41) is 11.6. The Kier molecular flexibility index (Phi) is 6.78. The van der Waals surface area contributed by atoms with Gasteiger partial charge in [-0.15, -0.1) is 0 Å². The van der Waals surface area contributed by atoms with Gasteiger partial charge in [-0.25, -0.2) is 0 Å². The average Bonchev–Trinajstić information content (AvgIpc) is 2.87. The smallest absolute Gasteiger partial charge is 0.303 e. The first-order chi connectivity index (χ1) is 11.6. The van der Waals surface area contributed by atoms with Gasteiger partial charge < -0.3 is 15.3 Å². The third-order valence-electron chi connectivity index (χ3n) is 4.20. The first-order valence-electron chi connectivity index (χ1n) is 8.44. The second kappa shape index (κ2) is 9.05. The lowest BCUT2D eigenvalue weighted by Gasteiger charge is -2.26. The topological polar surface area (TPSA) is 86.7 Å². The Morgan fingerprint density at radius 2 is 1.67 bits per heavy atom. The van der Waals surface area contributed by atoms with Crippen molar-refractivity contribution in [1.29, 1.82) is 0 Å². The van der Waals surface area contributed by atoms with Crippen LogP contribution in [0.5, 0.6) is 0 Å². The molecule has 0 aromatic heterocycles. The molecular formula is C18H24N2O4. The lowest BCUT2D eigenvalue weighted by molar-refractivity contribution is -0.138. The van der Waals surface area contributed by atoms with Crippen molar-refractivity contribution >= 4 is 17.8 Å². The van der Waals surface area contributed by atoms with Gasteiger partial charge >= 0.3 is 5.97 Å². The van der Waals surface area contributed by atoms with Crippen LogP contribution in [0.15, 0.2) is 30.3 Å². The normalized spacial score (nSPS) is 16.1. The molecule has 1 fully saturated rings. The summed E-state index contributed by atoms with van der Waals surface area (Å²) in [6.07, 6.45) is 4.04. The third kappa shape index (κ3) is 5.37. The zero-order valence-electron chi connectivity index (χ0n) is 13.7. The molecule has 0 spiro atoms. The van der Waals surface area contributed by atoms with E-state index in [4.69, 9.17) is 5.11 Å². The number of nitrogens with zero attached hydrogens (tertiary/aromatic N) is 1. The Morgan fingerprint density at radius 3 is 2.25 bits per heavy atom. The fourth-order valence-electron chi connectivity index (χ4n) is 2.87. The van der Waals surface area contributed by atoms with E-state index in [-0.39, 0.29) is 24.7 Å². The van der Waals surface area contributed by atoms with Crippen molar-refractivity contribution in [1.82, 2.24) is 10.2 Å². The van der Waals surface area contributed by atoms with Crippen LogP contribution in [-0.2, 0) is 9.59 Å². The van der Waals surface area contributed by atoms with Crippen LogP contribution in [0.1, 0.15) is 48.9 Å². The van der Waals surface area contributed by atoms with Crippen molar-refractivity contribution in [2.45, 2.75) is 44.6 Å². The second-order valence-electron chi connectivity index (χ2n) is 6.06. The van der Waals surface area contributed by atoms with Crippen molar-refractivity contribution in [3.8, 4) is 0 Å². The van der Waals surface area contributed by atoms with Crippen LogP contribution < -0.4 is 5.32 Å². The van der Waals surface area contributed by atoms with Crippen molar-refractivity contribution in [2.75, 3.05) is 13.1 Å². The quantitative estimate of drug-likeness (QED) is 0.835. The number of hydrogen-bond acceptors (Lipinski definition) is 3. The number of carbonyl (C=O) groups is 3. The van der Waals surface area contributed by atoms with Crippen LogP contribution >= 0.6 is 0 Å². The van der Waals surface area contributed by atoms with Gasteiger partial charge in [0, 0.05) is 25.1 Å². The Balaban J connectivity index is 2.06. The summed E-state index contributed by atoms with van der Waals surface area (Å²) in [5.41, 5.74) is 0.460. The van der Waals surface area contributed by atoms with Crippen LogP contribution in [0.25, 0.3) is 0 Å². The molecule has 1 heterocycles. The Morgan fingerprint density at radius 1 is 1.04 bits per heavy atom. The summed E-state index contributed by atoms with van der Waals surface area (Å²) in [7, 11) is 0. The van der Waals surface area contributed by atoms with E-state index >= 15 is 0 Å². The van der Waals surface area contributed by atoms with Crippen LogP contribution in [-0.4, -0.2) is 46.9 Å². The SMILES string of the molecule is O=C(O)CCC(NC(=O)c1ccccc1)C(=O)N1CCCCCC1. The fraction of sp³-hybridized carbons (Fsp3) is 0.500. The number of carbonyl (C=O) groups excluding carboxylic acids is 2. The Bertz CT molecular complexity index is 566. The van der Waals surface area contributed by atoms with Crippen molar-refractivity contribution < 1.29 is 19.5 Å². The lowest BCUT2D eigenvalue weighted by atomic mass is 10.1. The van der Waals surface area contributed by atoms with Gasteiger partial charge in [-0.3, -0.25) is 14.4 Å². The summed E-state index contributed by atoms with van der Waals surface area (Å²) in [5.74, 6) is -1.51. The standard InChI is InChI=1S/C18H24N2O4/c21-16(22)11-10-15(18(24)20-12-6-1-2-7-13-20)19-17(23)14-8-4-3-5-9-14/h3-5,8-9,15H,1-2,6-7,10-13H2,(H,19,23)(H,21,22). The first kappa shape index (κ1) is 18.0. The van der Waals surface area contributed by atoms with Crippen LogP contribution in [0.2, 0.25) is 0 Å². The molecule has 130 valence electrons. The molecule has 0 saturated carbocycles.